The van der Waals surface area contributed by atoms with Crippen molar-refractivity contribution < 1.29 is 14.3 Å². The number of benzene rings is 2. The van der Waals surface area contributed by atoms with E-state index in [4.69, 9.17) is 16.3 Å². The quantitative estimate of drug-likeness (QED) is 0.167. The highest BCUT2D eigenvalue weighted by molar-refractivity contribution is 7.16. The molecule has 0 unspecified atom stereocenters. The Morgan fingerprint density at radius 3 is 2.69 bits per heavy atom. The topological polar surface area (TPSA) is 84.1 Å². The van der Waals surface area contributed by atoms with Crippen molar-refractivity contribution in [2.24, 2.45) is 0 Å². The number of rotatable bonds is 7. The van der Waals surface area contributed by atoms with Crippen LogP contribution in [0.15, 0.2) is 60.3 Å². The Morgan fingerprint density at radius 2 is 1.97 bits per heavy atom. The van der Waals surface area contributed by atoms with Gasteiger partial charge in [-0.15, -0.1) is 11.3 Å². The van der Waals surface area contributed by atoms with Crippen LogP contribution < -0.4 is 5.32 Å². The summed E-state index contributed by atoms with van der Waals surface area (Å²) in [5.41, 5.74) is 3.74. The summed E-state index contributed by atoms with van der Waals surface area (Å²) in [4.78, 5) is 26.5. The van der Waals surface area contributed by atoms with E-state index >= 15 is 0 Å². The Labute approximate surface area is 218 Å². The van der Waals surface area contributed by atoms with E-state index in [1.165, 1.54) is 11.3 Å². The maximum absolute atomic E-state index is 13.1. The van der Waals surface area contributed by atoms with Gasteiger partial charge in [0.05, 0.1) is 12.2 Å². The van der Waals surface area contributed by atoms with Crippen LogP contribution in [0.1, 0.15) is 38.8 Å². The third-order valence-corrected chi connectivity index (χ3v) is 7.18. The number of amides is 1. The van der Waals surface area contributed by atoms with E-state index in [9.17, 15) is 14.9 Å². The fourth-order valence-corrected chi connectivity index (χ4v) is 5.25. The number of ether oxygens (including phenoxy) is 1. The van der Waals surface area contributed by atoms with Crippen molar-refractivity contribution in [3.63, 3.8) is 0 Å². The van der Waals surface area contributed by atoms with Gasteiger partial charge in [-0.3, -0.25) is 4.79 Å². The molecule has 4 aromatic rings. The third kappa shape index (κ3) is 5.20. The number of anilines is 1. The lowest BCUT2D eigenvalue weighted by Gasteiger charge is -2.06. The van der Waals surface area contributed by atoms with Gasteiger partial charge < -0.3 is 14.6 Å². The van der Waals surface area contributed by atoms with Gasteiger partial charge in [0.15, 0.2) is 0 Å². The second-order valence-electron chi connectivity index (χ2n) is 8.19. The lowest BCUT2D eigenvalue weighted by atomic mass is 10.1. The molecule has 0 bridgehead atoms. The summed E-state index contributed by atoms with van der Waals surface area (Å²) in [6.07, 6.45) is 3.49. The Balaban J connectivity index is 1.68. The number of nitriles is 1. The summed E-state index contributed by atoms with van der Waals surface area (Å²) in [5.74, 6) is -1.09. The first-order valence-electron chi connectivity index (χ1n) is 11.3. The lowest BCUT2D eigenvalue weighted by Crippen LogP contribution is -2.16. The number of carbonyl (C=O) groups is 2. The van der Waals surface area contributed by atoms with Crippen LogP contribution in [0.3, 0.4) is 0 Å². The minimum atomic E-state index is -0.587. The average molecular weight is 518 g/mol. The van der Waals surface area contributed by atoms with E-state index in [1.807, 2.05) is 74.6 Å². The average Bonchev–Trinajstić information content (AvgIpc) is 3.33. The van der Waals surface area contributed by atoms with Crippen LogP contribution in [-0.4, -0.2) is 23.1 Å². The number of nitrogens with one attached hydrogen (secondary N) is 1. The molecule has 0 aliphatic carbocycles. The molecule has 0 radical (unpaired) electrons. The van der Waals surface area contributed by atoms with Gasteiger partial charge in [0, 0.05) is 39.1 Å². The van der Waals surface area contributed by atoms with Crippen molar-refractivity contribution >= 4 is 56.8 Å². The number of hydrogen-bond donors (Lipinski definition) is 1. The molecule has 0 aliphatic rings. The van der Waals surface area contributed by atoms with E-state index in [0.717, 1.165) is 32.5 Å². The molecule has 0 aliphatic heterocycles. The maximum atomic E-state index is 13.1. The van der Waals surface area contributed by atoms with Crippen LogP contribution in [0, 0.1) is 25.2 Å². The molecular formula is C28H24ClN3O3S. The third-order valence-electron chi connectivity index (χ3n) is 5.82. The second kappa shape index (κ2) is 10.8. The molecule has 0 atom stereocenters. The van der Waals surface area contributed by atoms with Gasteiger partial charge in [-0.2, -0.15) is 5.26 Å². The van der Waals surface area contributed by atoms with Crippen LogP contribution in [0.25, 0.3) is 17.0 Å². The fraction of sp³-hybridized carbons (Fsp3) is 0.179. The van der Waals surface area contributed by atoms with E-state index in [0.29, 0.717) is 22.1 Å². The predicted octanol–water partition coefficient (Wildman–Crippen LogP) is 6.74. The minimum Gasteiger partial charge on any atom is -0.462 e. The van der Waals surface area contributed by atoms with Gasteiger partial charge >= 0.3 is 5.97 Å². The van der Waals surface area contributed by atoms with Crippen molar-refractivity contribution in [1.29, 1.82) is 5.26 Å². The molecule has 0 spiro atoms. The number of thiophene rings is 1. The van der Waals surface area contributed by atoms with Gasteiger partial charge in [0.2, 0.25) is 0 Å². The second-order valence-corrected chi connectivity index (χ2v) is 9.85. The molecule has 6 nitrogen and oxygen atoms in total. The van der Waals surface area contributed by atoms with Crippen molar-refractivity contribution in [3.05, 3.63) is 92.5 Å². The Kier molecular flexibility index (Phi) is 7.58. The monoisotopic (exact) mass is 517 g/mol. The molecule has 1 N–H and O–H groups in total. The molecule has 1 amide bonds. The van der Waals surface area contributed by atoms with Gasteiger partial charge in [0.1, 0.15) is 16.6 Å². The summed E-state index contributed by atoms with van der Waals surface area (Å²) in [6.45, 7) is 6.21. The highest BCUT2D eigenvalue weighted by Crippen LogP contribution is 2.33. The molecule has 4 rings (SSSR count). The first-order chi connectivity index (χ1) is 17.3. The van der Waals surface area contributed by atoms with E-state index in [2.05, 4.69) is 9.88 Å². The zero-order chi connectivity index (χ0) is 25.8. The van der Waals surface area contributed by atoms with Gasteiger partial charge in [-0.1, -0.05) is 41.9 Å². The van der Waals surface area contributed by atoms with E-state index in [1.54, 1.807) is 13.0 Å². The summed E-state index contributed by atoms with van der Waals surface area (Å²) in [7, 11) is 0. The molecule has 0 saturated carbocycles. The number of fused-ring (bicyclic) bond motifs is 1. The molecule has 8 heteroatoms. The highest BCUT2D eigenvalue weighted by atomic mass is 35.5. The van der Waals surface area contributed by atoms with Crippen LogP contribution in [0.5, 0.6) is 0 Å². The molecule has 0 fully saturated rings. The molecule has 2 aromatic heterocycles. The molecular weight excluding hydrogens is 494 g/mol. The van der Waals surface area contributed by atoms with Crippen molar-refractivity contribution in [2.45, 2.75) is 27.3 Å². The van der Waals surface area contributed by atoms with Gasteiger partial charge in [-0.25, -0.2) is 4.79 Å². The summed E-state index contributed by atoms with van der Waals surface area (Å²) < 4.78 is 7.22. The highest BCUT2D eigenvalue weighted by Gasteiger charge is 2.23. The first-order valence-corrected chi connectivity index (χ1v) is 12.5. The molecule has 2 aromatic carbocycles. The summed E-state index contributed by atoms with van der Waals surface area (Å²) >= 11 is 7.44. The molecule has 182 valence electrons. The largest absolute Gasteiger partial charge is 0.462 e. The van der Waals surface area contributed by atoms with Crippen LogP contribution in [-0.2, 0) is 16.1 Å². The Bertz CT molecular complexity index is 1540. The van der Waals surface area contributed by atoms with Crippen molar-refractivity contribution in [2.75, 3.05) is 11.9 Å². The number of para-hydroxylation sites is 1. The molecule has 36 heavy (non-hydrogen) atoms. The number of aromatic nitrogens is 1. The predicted molar refractivity (Wildman–Crippen MR) is 144 cm³/mol. The smallest absolute Gasteiger partial charge is 0.341 e. The van der Waals surface area contributed by atoms with Crippen LogP contribution >= 0.6 is 22.9 Å². The number of halogens is 1. The SMILES string of the molecule is CCOC(=O)c1c(NC(=O)C(C#N)=Cc2cn(Cc3cccc(Cl)c3)c3ccccc23)sc(C)c1C. The summed E-state index contributed by atoms with van der Waals surface area (Å²) in [6, 6.07) is 17.4. The normalized spacial score (nSPS) is 11.4. The minimum absolute atomic E-state index is 0.0702. The summed E-state index contributed by atoms with van der Waals surface area (Å²) in [5, 5.41) is 14.5. The number of esters is 1. The van der Waals surface area contributed by atoms with Gasteiger partial charge in [-0.05, 0) is 56.2 Å². The molecule has 0 saturated heterocycles. The van der Waals surface area contributed by atoms with Crippen molar-refractivity contribution in [1.82, 2.24) is 4.57 Å². The Morgan fingerprint density at radius 1 is 1.19 bits per heavy atom. The number of aryl methyl sites for hydroxylation is 1. The number of hydrogen-bond acceptors (Lipinski definition) is 5. The van der Waals surface area contributed by atoms with E-state index < -0.39 is 11.9 Å². The zero-order valence-corrected chi connectivity index (χ0v) is 21.7. The lowest BCUT2D eigenvalue weighted by molar-refractivity contribution is -0.112. The number of carbonyl (C=O) groups excluding carboxylic acids is 2. The van der Waals surface area contributed by atoms with Gasteiger partial charge in [0.25, 0.3) is 5.91 Å². The number of nitrogens with zero attached hydrogens (tertiary/aromatic N) is 2. The Hall–Kier alpha value is -3.86. The standard InChI is InChI=1S/C28H24ClN3O3S/c1-4-35-28(34)25-17(2)18(3)36-27(25)31-26(33)20(14-30)13-21-16-32(24-11-6-5-10-23(21)24)15-19-8-7-9-22(29)12-19/h5-13,16H,4,15H2,1-3H3,(H,31,33). The van der Waals surface area contributed by atoms with Crippen molar-refractivity contribution in [3.8, 4) is 6.07 Å². The van der Waals surface area contributed by atoms with Crippen LogP contribution in [0.2, 0.25) is 5.02 Å². The van der Waals surface area contributed by atoms with Crippen LogP contribution in [0.4, 0.5) is 5.00 Å². The van der Waals surface area contributed by atoms with E-state index in [-0.39, 0.29) is 12.2 Å². The maximum Gasteiger partial charge on any atom is 0.341 e. The molecule has 2 heterocycles. The fourth-order valence-electron chi connectivity index (χ4n) is 3.99. The first kappa shape index (κ1) is 25.2. The zero-order valence-electron chi connectivity index (χ0n) is 20.1.